The van der Waals surface area contributed by atoms with E-state index in [4.69, 9.17) is 0 Å². The predicted molar refractivity (Wildman–Crippen MR) is 118 cm³/mol. The van der Waals surface area contributed by atoms with E-state index in [1.54, 1.807) is 0 Å². The normalized spacial score (nSPS) is 12.5. The van der Waals surface area contributed by atoms with Crippen LogP contribution >= 0.6 is 0 Å². The van der Waals surface area contributed by atoms with Crippen LogP contribution in [0, 0.1) is 10.8 Å². The summed E-state index contributed by atoms with van der Waals surface area (Å²) in [6.45, 7) is 14.0. The molecule has 0 saturated heterocycles. The van der Waals surface area contributed by atoms with Gasteiger partial charge in [0.15, 0.2) is 0 Å². The number of carbonyl (C=O) groups is 1. The molecule has 0 atom stereocenters. The molecule has 0 N–H and O–H groups in total. The Kier molecular flexibility index (Phi) is 14.5. The number of carbonyl (C=O) groups excluding carboxylic acids is 1. The van der Waals surface area contributed by atoms with Gasteiger partial charge in [-0.25, -0.2) is 0 Å². The molecule has 0 heterocycles. The minimum absolute atomic E-state index is 0.485. The third-order valence-electron chi connectivity index (χ3n) is 5.26. The molecule has 0 aliphatic carbocycles. The van der Waals surface area contributed by atoms with Crippen molar-refractivity contribution in [2.75, 3.05) is 0 Å². The van der Waals surface area contributed by atoms with Crippen molar-refractivity contribution in [3.63, 3.8) is 0 Å². The Labute approximate surface area is 166 Å². The summed E-state index contributed by atoms with van der Waals surface area (Å²) in [7, 11) is 0. The molecular formula is C25H50O. The minimum Gasteiger partial charge on any atom is -0.300 e. The molecule has 1 nitrogen and oxygen atoms in total. The van der Waals surface area contributed by atoms with E-state index in [9.17, 15) is 4.79 Å². The highest BCUT2D eigenvalue weighted by atomic mass is 16.1. The zero-order valence-electron chi connectivity index (χ0n) is 19.2. The fraction of sp³-hybridized carbons (Fsp3) is 0.960. The number of rotatable bonds is 16. The molecule has 26 heavy (non-hydrogen) atoms. The predicted octanol–water partition coefficient (Wildman–Crippen LogP) is 8.89. The summed E-state index contributed by atoms with van der Waals surface area (Å²) in [5, 5.41) is 0. The topological polar surface area (TPSA) is 17.1 Å². The summed E-state index contributed by atoms with van der Waals surface area (Å²) in [5.41, 5.74) is 0.970. The lowest BCUT2D eigenvalue weighted by atomic mass is 9.89. The Morgan fingerprint density at radius 1 is 0.462 bits per heavy atom. The first-order valence-corrected chi connectivity index (χ1v) is 11.6. The molecule has 0 saturated carbocycles. The molecule has 0 unspecified atom stereocenters. The van der Waals surface area contributed by atoms with Gasteiger partial charge in [0.2, 0.25) is 0 Å². The standard InChI is InChI=1S/C25H50O/c1-24(2,3)21-17-13-9-7-11-15-19-23(26)20-16-12-8-10-14-18-22-25(4,5)6/h7-22H2,1-6H3. The van der Waals surface area contributed by atoms with Crippen LogP contribution in [0.25, 0.3) is 0 Å². The summed E-state index contributed by atoms with van der Waals surface area (Å²) in [6, 6.07) is 0. The third kappa shape index (κ3) is 21.7. The van der Waals surface area contributed by atoms with Crippen LogP contribution in [0.1, 0.15) is 144 Å². The van der Waals surface area contributed by atoms with E-state index in [0.717, 1.165) is 25.7 Å². The highest BCUT2D eigenvalue weighted by Crippen LogP contribution is 2.23. The number of hydrogen-bond acceptors (Lipinski definition) is 1. The minimum atomic E-state index is 0.485. The Morgan fingerprint density at radius 3 is 1.04 bits per heavy atom. The fourth-order valence-electron chi connectivity index (χ4n) is 3.49. The Morgan fingerprint density at radius 2 is 0.731 bits per heavy atom. The van der Waals surface area contributed by atoms with Gasteiger partial charge in [-0.05, 0) is 36.5 Å². The van der Waals surface area contributed by atoms with Gasteiger partial charge < -0.3 is 0 Å². The van der Waals surface area contributed by atoms with Crippen molar-refractivity contribution < 1.29 is 4.79 Å². The molecule has 1 heteroatoms. The fourth-order valence-corrected chi connectivity index (χ4v) is 3.49. The van der Waals surface area contributed by atoms with E-state index in [0.29, 0.717) is 16.6 Å². The van der Waals surface area contributed by atoms with E-state index in [1.807, 2.05) is 0 Å². The Balaban J connectivity index is 3.28. The highest BCUT2D eigenvalue weighted by molar-refractivity contribution is 5.78. The first kappa shape index (κ1) is 25.7. The lowest BCUT2D eigenvalue weighted by Gasteiger charge is -2.17. The maximum absolute atomic E-state index is 11.9. The van der Waals surface area contributed by atoms with Crippen molar-refractivity contribution >= 4 is 5.78 Å². The molecule has 0 aromatic rings. The Bertz CT molecular complexity index is 297. The summed E-state index contributed by atoms with van der Waals surface area (Å²) in [4.78, 5) is 11.9. The number of Topliss-reactive ketones (excluding diaryl/α,β-unsaturated/α-hetero) is 1. The van der Waals surface area contributed by atoms with Crippen LogP contribution in [-0.2, 0) is 4.79 Å². The molecule has 0 spiro atoms. The number of hydrogen-bond donors (Lipinski definition) is 0. The Hall–Kier alpha value is -0.330. The molecule has 0 bridgehead atoms. The first-order valence-electron chi connectivity index (χ1n) is 11.6. The molecule has 0 amide bonds. The summed E-state index contributed by atoms with van der Waals surface area (Å²) in [6.07, 6.45) is 19.8. The molecule has 0 aliphatic heterocycles. The smallest absolute Gasteiger partial charge is 0.132 e. The van der Waals surface area contributed by atoms with Gasteiger partial charge in [-0.1, -0.05) is 106 Å². The van der Waals surface area contributed by atoms with Crippen molar-refractivity contribution in [3.05, 3.63) is 0 Å². The van der Waals surface area contributed by atoms with Crippen LogP contribution in [-0.4, -0.2) is 5.78 Å². The van der Waals surface area contributed by atoms with E-state index in [-0.39, 0.29) is 0 Å². The second-order valence-electron chi connectivity index (χ2n) is 10.9. The van der Waals surface area contributed by atoms with Gasteiger partial charge in [0.05, 0.1) is 0 Å². The lowest BCUT2D eigenvalue weighted by Crippen LogP contribution is -2.03. The van der Waals surface area contributed by atoms with Crippen molar-refractivity contribution in [3.8, 4) is 0 Å². The van der Waals surface area contributed by atoms with E-state index in [2.05, 4.69) is 41.5 Å². The third-order valence-corrected chi connectivity index (χ3v) is 5.26. The van der Waals surface area contributed by atoms with Gasteiger partial charge >= 0.3 is 0 Å². The van der Waals surface area contributed by atoms with Crippen LogP contribution in [0.15, 0.2) is 0 Å². The molecule has 156 valence electrons. The van der Waals surface area contributed by atoms with Crippen molar-refractivity contribution in [1.29, 1.82) is 0 Å². The highest BCUT2D eigenvalue weighted by Gasteiger charge is 2.09. The summed E-state index contributed by atoms with van der Waals surface area (Å²) in [5.74, 6) is 0.505. The molecule has 0 aromatic heterocycles. The van der Waals surface area contributed by atoms with Crippen molar-refractivity contribution in [2.24, 2.45) is 10.8 Å². The molecule has 0 rings (SSSR count). The zero-order valence-corrected chi connectivity index (χ0v) is 19.2. The molecule has 0 aromatic carbocycles. The van der Waals surface area contributed by atoms with Gasteiger partial charge in [0.1, 0.15) is 5.78 Å². The quantitative estimate of drug-likeness (QED) is 0.249. The first-order chi connectivity index (χ1) is 12.1. The van der Waals surface area contributed by atoms with Crippen LogP contribution in [0.4, 0.5) is 0 Å². The SMILES string of the molecule is CC(C)(C)CCCCCCCCC(=O)CCCCCCCCC(C)(C)C. The monoisotopic (exact) mass is 366 g/mol. The molecule has 0 fully saturated rings. The van der Waals surface area contributed by atoms with Gasteiger partial charge in [-0.2, -0.15) is 0 Å². The second kappa shape index (κ2) is 14.7. The largest absolute Gasteiger partial charge is 0.300 e. The van der Waals surface area contributed by atoms with Crippen LogP contribution in [0.5, 0.6) is 0 Å². The molecule has 0 aliphatic rings. The molecular weight excluding hydrogens is 316 g/mol. The zero-order chi connectivity index (χ0) is 19.9. The lowest BCUT2D eigenvalue weighted by molar-refractivity contribution is -0.119. The van der Waals surface area contributed by atoms with E-state index < -0.39 is 0 Å². The average Bonchev–Trinajstić information content (AvgIpc) is 2.50. The average molecular weight is 367 g/mol. The van der Waals surface area contributed by atoms with Crippen molar-refractivity contribution in [1.82, 2.24) is 0 Å². The maximum Gasteiger partial charge on any atom is 0.132 e. The summed E-state index contributed by atoms with van der Waals surface area (Å²) >= 11 is 0. The number of ketones is 1. The van der Waals surface area contributed by atoms with E-state index >= 15 is 0 Å². The number of unbranched alkanes of at least 4 members (excludes halogenated alkanes) is 10. The van der Waals surface area contributed by atoms with Crippen LogP contribution < -0.4 is 0 Å². The van der Waals surface area contributed by atoms with Gasteiger partial charge in [0, 0.05) is 12.8 Å². The van der Waals surface area contributed by atoms with E-state index in [1.165, 1.54) is 77.0 Å². The molecule has 0 radical (unpaired) electrons. The summed E-state index contributed by atoms with van der Waals surface area (Å²) < 4.78 is 0. The van der Waals surface area contributed by atoms with Crippen LogP contribution in [0.2, 0.25) is 0 Å². The van der Waals surface area contributed by atoms with Gasteiger partial charge in [0.25, 0.3) is 0 Å². The van der Waals surface area contributed by atoms with Gasteiger partial charge in [-0.15, -0.1) is 0 Å². The van der Waals surface area contributed by atoms with Gasteiger partial charge in [-0.3, -0.25) is 4.79 Å². The van der Waals surface area contributed by atoms with Crippen LogP contribution in [0.3, 0.4) is 0 Å². The van der Waals surface area contributed by atoms with Crippen molar-refractivity contribution in [2.45, 2.75) is 144 Å². The maximum atomic E-state index is 11.9. The second-order valence-corrected chi connectivity index (χ2v) is 10.9.